The fourth-order valence-corrected chi connectivity index (χ4v) is 4.27. The predicted octanol–water partition coefficient (Wildman–Crippen LogP) is 4.88. The van der Waals surface area contributed by atoms with Crippen molar-refractivity contribution < 1.29 is 19.0 Å². The van der Waals surface area contributed by atoms with E-state index in [-0.39, 0.29) is 5.91 Å². The number of methoxy groups -OCH3 is 2. The van der Waals surface area contributed by atoms with Crippen LogP contribution in [0.3, 0.4) is 0 Å². The summed E-state index contributed by atoms with van der Waals surface area (Å²) in [6.07, 6.45) is 3.97. The molecule has 184 valence electrons. The van der Waals surface area contributed by atoms with Crippen molar-refractivity contribution in [3.8, 4) is 17.2 Å². The lowest BCUT2D eigenvalue weighted by Crippen LogP contribution is -2.23. The Balaban J connectivity index is 1.53. The van der Waals surface area contributed by atoms with Gasteiger partial charge in [0, 0.05) is 31.1 Å². The van der Waals surface area contributed by atoms with Crippen LogP contribution in [0.5, 0.6) is 17.2 Å². The smallest absolute Gasteiger partial charge is 0.251 e. The maximum Gasteiger partial charge on any atom is 0.251 e. The Labute approximate surface area is 207 Å². The Hall–Kier alpha value is -3.51. The average Bonchev–Trinajstić information content (AvgIpc) is 2.89. The number of hydrogen-bond acceptors (Lipinski definition) is 5. The molecule has 0 aliphatic carbocycles. The molecule has 1 aliphatic rings. The van der Waals surface area contributed by atoms with Gasteiger partial charge in [-0.2, -0.15) is 0 Å². The fraction of sp³-hybridized carbons (Fsp3) is 0.345. The largest absolute Gasteiger partial charge is 0.497 e. The van der Waals surface area contributed by atoms with E-state index >= 15 is 0 Å². The average molecular weight is 475 g/mol. The number of nitrogens with one attached hydrogen (secondary N) is 2. The minimum Gasteiger partial charge on any atom is -0.497 e. The summed E-state index contributed by atoms with van der Waals surface area (Å²) in [7, 11) is 3.22. The van der Waals surface area contributed by atoms with Crippen molar-refractivity contribution in [2.75, 3.05) is 27.4 Å². The van der Waals surface area contributed by atoms with Crippen LogP contribution < -0.4 is 24.8 Å². The SMILES string of the molecule is COc1cc(CNC(=O)c2ccc3c(c2)Cc2cccc(c2)CNCCCCCO3)cc(OC)c1. The van der Waals surface area contributed by atoms with Gasteiger partial charge in [-0.15, -0.1) is 0 Å². The van der Waals surface area contributed by atoms with Gasteiger partial charge in [0.25, 0.3) is 5.91 Å². The van der Waals surface area contributed by atoms with Crippen LogP contribution in [0, 0.1) is 0 Å². The van der Waals surface area contributed by atoms with Gasteiger partial charge in [0.15, 0.2) is 0 Å². The summed E-state index contributed by atoms with van der Waals surface area (Å²) in [6.45, 7) is 2.93. The molecule has 0 atom stereocenters. The van der Waals surface area contributed by atoms with Crippen LogP contribution in [0.1, 0.15) is 51.9 Å². The highest BCUT2D eigenvalue weighted by Crippen LogP contribution is 2.25. The minimum absolute atomic E-state index is 0.132. The highest BCUT2D eigenvalue weighted by atomic mass is 16.5. The Kier molecular flexibility index (Phi) is 8.63. The van der Waals surface area contributed by atoms with Gasteiger partial charge in [0.05, 0.1) is 20.8 Å². The summed E-state index contributed by atoms with van der Waals surface area (Å²) in [6, 6.07) is 19.9. The second-order valence-corrected chi connectivity index (χ2v) is 8.81. The molecule has 6 nitrogen and oxygen atoms in total. The third kappa shape index (κ3) is 6.99. The van der Waals surface area contributed by atoms with E-state index in [0.29, 0.717) is 36.6 Å². The van der Waals surface area contributed by atoms with Gasteiger partial charge in [0.1, 0.15) is 17.2 Å². The first-order chi connectivity index (χ1) is 17.1. The minimum atomic E-state index is -0.132. The molecule has 2 bridgehead atoms. The molecule has 0 aromatic heterocycles. The number of ether oxygens (including phenoxy) is 3. The quantitative estimate of drug-likeness (QED) is 0.552. The van der Waals surface area contributed by atoms with Gasteiger partial charge in [-0.05, 0) is 78.4 Å². The van der Waals surface area contributed by atoms with Gasteiger partial charge in [-0.1, -0.05) is 24.3 Å². The van der Waals surface area contributed by atoms with Crippen molar-refractivity contribution in [2.45, 2.75) is 38.8 Å². The summed E-state index contributed by atoms with van der Waals surface area (Å²) in [5.74, 6) is 2.09. The molecular weight excluding hydrogens is 440 g/mol. The van der Waals surface area contributed by atoms with E-state index in [9.17, 15) is 4.79 Å². The van der Waals surface area contributed by atoms with Gasteiger partial charge in [-0.3, -0.25) is 4.79 Å². The predicted molar refractivity (Wildman–Crippen MR) is 137 cm³/mol. The lowest BCUT2D eigenvalue weighted by atomic mass is 9.99. The van der Waals surface area contributed by atoms with Crippen LogP contribution in [0.2, 0.25) is 0 Å². The molecule has 6 heteroatoms. The van der Waals surface area contributed by atoms with Crippen LogP contribution >= 0.6 is 0 Å². The number of carbonyl (C=O) groups is 1. The van der Waals surface area contributed by atoms with Crippen LogP contribution in [0.25, 0.3) is 0 Å². The fourth-order valence-electron chi connectivity index (χ4n) is 4.27. The van der Waals surface area contributed by atoms with Gasteiger partial charge in [-0.25, -0.2) is 0 Å². The van der Waals surface area contributed by atoms with Crippen molar-refractivity contribution in [1.82, 2.24) is 10.6 Å². The second kappa shape index (κ2) is 12.3. The highest BCUT2D eigenvalue weighted by Gasteiger charge is 2.13. The number of fused-ring (bicyclic) bond motifs is 3. The Morgan fingerprint density at radius 1 is 0.943 bits per heavy atom. The van der Waals surface area contributed by atoms with Crippen molar-refractivity contribution in [3.63, 3.8) is 0 Å². The van der Waals surface area contributed by atoms with Crippen LogP contribution in [0.4, 0.5) is 0 Å². The Morgan fingerprint density at radius 3 is 2.54 bits per heavy atom. The molecule has 2 N–H and O–H groups in total. The number of rotatable bonds is 5. The molecule has 0 saturated carbocycles. The standard InChI is InChI=1S/C29H34N2O4/c1-33-26-15-23(16-27(18-26)34-2)20-31-29(32)24-9-10-28-25(17-24)14-21-7-6-8-22(13-21)19-30-11-4-3-5-12-35-28/h6-10,13,15-18,30H,3-5,11-12,14,19-20H2,1-2H3,(H,31,32). The molecule has 4 rings (SSSR count). The van der Waals surface area contributed by atoms with Crippen molar-refractivity contribution in [3.05, 3.63) is 88.5 Å². The molecule has 1 aliphatic heterocycles. The van der Waals surface area contributed by atoms with E-state index in [1.807, 2.05) is 36.4 Å². The molecule has 0 fully saturated rings. The van der Waals surface area contributed by atoms with Gasteiger partial charge < -0.3 is 24.8 Å². The zero-order valence-corrected chi connectivity index (χ0v) is 20.6. The molecule has 1 heterocycles. The molecule has 0 radical (unpaired) electrons. The second-order valence-electron chi connectivity index (χ2n) is 8.81. The van der Waals surface area contributed by atoms with Gasteiger partial charge >= 0.3 is 0 Å². The van der Waals surface area contributed by atoms with E-state index in [1.165, 1.54) is 11.1 Å². The molecule has 35 heavy (non-hydrogen) atoms. The van der Waals surface area contributed by atoms with E-state index in [1.54, 1.807) is 14.2 Å². The lowest BCUT2D eigenvalue weighted by Gasteiger charge is -2.15. The monoisotopic (exact) mass is 474 g/mol. The molecule has 0 unspecified atom stereocenters. The Bertz CT molecular complexity index is 1120. The molecule has 1 amide bonds. The first-order valence-corrected chi connectivity index (χ1v) is 12.2. The maximum absolute atomic E-state index is 13.0. The van der Waals surface area contributed by atoms with Crippen molar-refractivity contribution in [2.24, 2.45) is 0 Å². The number of benzene rings is 3. The van der Waals surface area contributed by atoms with Gasteiger partial charge in [0.2, 0.25) is 0 Å². The van der Waals surface area contributed by atoms with E-state index < -0.39 is 0 Å². The third-order valence-corrected chi connectivity index (χ3v) is 6.16. The number of amides is 1. The van der Waals surface area contributed by atoms with Crippen molar-refractivity contribution in [1.29, 1.82) is 0 Å². The summed E-state index contributed by atoms with van der Waals surface area (Å²) >= 11 is 0. The highest BCUT2D eigenvalue weighted by molar-refractivity contribution is 5.94. The first kappa shape index (κ1) is 24.6. The van der Waals surface area contributed by atoms with E-state index in [2.05, 4.69) is 34.9 Å². The molecule has 3 aromatic rings. The summed E-state index contributed by atoms with van der Waals surface area (Å²) < 4.78 is 16.8. The summed E-state index contributed by atoms with van der Waals surface area (Å²) in [5, 5.41) is 6.54. The first-order valence-electron chi connectivity index (χ1n) is 12.2. The van der Waals surface area contributed by atoms with Crippen LogP contribution in [-0.4, -0.2) is 33.3 Å². The topological polar surface area (TPSA) is 68.8 Å². The zero-order chi connectivity index (χ0) is 24.5. The maximum atomic E-state index is 13.0. The lowest BCUT2D eigenvalue weighted by molar-refractivity contribution is 0.0950. The normalized spacial score (nSPS) is 14.1. The molecular formula is C29H34N2O4. The summed E-state index contributed by atoms with van der Waals surface area (Å²) in [5.41, 5.74) is 5.00. The van der Waals surface area contributed by atoms with Crippen LogP contribution in [-0.2, 0) is 19.5 Å². The number of hydrogen-bond donors (Lipinski definition) is 2. The number of carbonyl (C=O) groups excluding carboxylic acids is 1. The molecule has 0 spiro atoms. The Morgan fingerprint density at radius 2 is 1.74 bits per heavy atom. The van der Waals surface area contributed by atoms with Crippen molar-refractivity contribution >= 4 is 5.91 Å². The molecule has 0 saturated heterocycles. The van der Waals surface area contributed by atoms with E-state index in [0.717, 1.165) is 49.2 Å². The zero-order valence-electron chi connectivity index (χ0n) is 20.6. The summed E-state index contributed by atoms with van der Waals surface area (Å²) in [4.78, 5) is 13.0. The third-order valence-electron chi connectivity index (χ3n) is 6.16. The van der Waals surface area contributed by atoms with E-state index in [4.69, 9.17) is 14.2 Å². The van der Waals surface area contributed by atoms with Crippen LogP contribution in [0.15, 0.2) is 60.7 Å². The molecule has 3 aromatic carbocycles.